The van der Waals surface area contributed by atoms with E-state index in [4.69, 9.17) is 11.6 Å². The van der Waals surface area contributed by atoms with Crippen LogP contribution < -0.4 is 5.43 Å². The van der Waals surface area contributed by atoms with E-state index in [1.54, 1.807) is 37.3 Å². The number of hydrogen-bond acceptors (Lipinski definition) is 5. The Hall–Kier alpha value is -2.47. The number of rotatable bonds is 4. The third-order valence-electron chi connectivity index (χ3n) is 2.54. The van der Waals surface area contributed by atoms with Crippen LogP contribution in [0.3, 0.4) is 0 Å². The molecular weight excluding hydrogens is 292 g/mol. The summed E-state index contributed by atoms with van der Waals surface area (Å²) in [6.45, 7) is 0. The average molecular weight is 305 g/mol. The average Bonchev–Trinajstić information content (AvgIpc) is 2.46. The van der Waals surface area contributed by atoms with Gasteiger partial charge in [-0.15, -0.1) is 0 Å². The predicted molar refractivity (Wildman–Crippen MR) is 79.8 cm³/mol. The van der Waals surface area contributed by atoms with Crippen LogP contribution in [0.25, 0.3) is 5.69 Å². The zero-order valence-electron chi connectivity index (χ0n) is 11.5. The van der Waals surface area contributed by atoms with Gasteiger partial charge >= 0.3 is 0 Å². The van der Waals surface area contributed by atoms with Gasteiger partial charge in [0.2, 0.25) is 11.2 Å². The number of pyridine rings is 1. The SMILES string of the molecule is CN(C)C=CC(=O)c1nn(-c2ccc(Cl)nc2)ccc1=O. The molecular formula is C14H13ClN4O2. The first kappa shape index (κ1) is 14.9. The van der Waals surface area contributed by atoms with Gasteiger partial charge in [0.05, 0.1) is 11.9 Å². The Morgan fingerprint density at radius 3 is 2.71 bits per heavy atom. The van der Waals surface area contributed by atoms with E-state index in [9.17, 15) is 9.59 Å². The number of carbonyl (C=O) groups excluding carboxylic acids is 1. The van der Waals surface area contributed by atoms with Gasteiger partial charge in [-0.25, -0.2) is 9.67 Å². The van der Waals surface area contributed by atoms with Crippen molar-refractivity contribution in [2.75, 3.05) is 14.1 Å². The summed E-state index contributed by atoms with van der Waals surface area (Å²) in [5, 5.41) is 4.40. The summed E-state index contributed by atoms with van der Waals surface area (Å²) in [5.74, 6) is -0.454. The molecule has 0 fully saturated rings. The molecule has 6 nitrogen and oxygen atoms in total. The van der Waals surface area contributed by atoms with Crippen molar-refractivity contribution in [2.24, 2.45) is 0 Å². The van der Waals surface area contributed by atoms with Crippen LogP contribution in [0.2, 0.25) is 5.15 Å². The maximum absolute atomic E-state index is 12.0. The van der Waals surface area contributed by atoms with Gasteiger partial charge in [0.1, 0.15) is 5.15 Å². The van der Waals surface area contributed by atoms with Gasteiger partial charge in [-0.3, -0.25) is 9.59 Å². The number of hydrogen-bond donors (Lipinski definition) is 0. The second-order valence-corrected chi connectivity index (χ2v) is 4.84. The van der Waals surface area contributed by atoms with E-state index in [0.29, 0.717) is 10.8 Å². The summed E-state index contributed by atoms with van der Waals surface area (Å²) in [4.78, 5) is 29.4. The number of halogens is 1. The molecule has 0 aromatic carbocycles. The van der Waals surface area contributed by atoms with Crippen LogP contribution in [0.5, 0.6) is 0 Å². The molecule has 0 saturated carbocycles. The molecule has 0 N–H and O–H groups in total. The van der Waals surface area contributed by atoms with Crippen LogP contribution in [0.15, 0.2) is 47.7 Å². The summed E-state index contributed by atoms with van der Waals surface area (Å²) < 4.78 is 1.40. The lowest BCUT2D eigenvalue weighted by molar-refractivity contribution is 0.103. The Balaban J connectivity index is 2.40. The lowest BCUT2D eigenvalue weighted by Gasteiger charge is -2.06. The van der Waals surface area contributed by atoms with Gasteiger partial charge in [-0.05, 0) is 12.1 Å². The van der Waals surface area contributed by atoms with Crippen LogP contribution in [0, 0.1) is 0 Å². The molecule has 2 aromatic heterocycles. The molecule has 0 aliphatic heterocycles. The normalized spacial score (nSPS) is 10.8. The monoisotopic (exact) mass is 304 g/mol. The first-order valence-corrected chi connectivity index (χ1v) is 6.46. The molecule has 0 atom stereocenters. The largest absolute Gasteiger partial charge is 0.383 e. The number of ketones is 1. The maximum atomic E-state index is 12.0. The molecule has 2 heterocycles. The molecule has 0 bridgehead atoms. The van der Waals surface area contributed by atoms with Crippen LogP contribution >= 0.6 is 11.6 Å². The molecule has 0 amide bonds. The first-order valence-electron chi connectivity index (χ1n) is 6.08. The number of allylic oxidation sites excluding steroid dienone is 1. The Bertz CT molecular complexity index is 735. The van der Waals surface area contributed by atoms with E-state index in [0.717, 1.165) is 0 Å². The summed E-state index contributed by atoms with van der Waals surface area (Å²) in [7, 11) is 3.56. The van der Waals surface area contributed by atoms with Gasteiger partial charge in [-0.2, -0.15) is 5.10 Å². The van der Waals surface area contributed by atoms with E-state index in [1.807, 2.05) is 0 Å². The van der Waals surface area contributed by atoms with Gasteiger partial charge < -0.3 is 4.90 Å². The number of nitrogens with zero attached hydrogens (tertiary/aromatic N) is 4. The highest BCUT2D eigenvalue weighted by Crippen LogP contribution is 2.08. The Morgan fingerprint density at radius 2 is 2.10 bits per heavy atom. The highest BCUT2D eigenvalue weighted by molar-refractivity contribution is 6.29. The standard InChI is InChI=1S/C14H13ClN4O2/c1-18(2)7-5-11(20)14-12(21)6-8-19(17-14)10-3-4-13(15)16-9-10/h3-9H,1-2H3. The maximum Gasteiger partial charge on any atom is 0.211 e. The first-order chi connectivity index (χ1) is 9.97. The van der Waals surface area contributed by atoms with Crippen molar-refractivity contribution in [2.45, 2.75) is 0 Å². The van der Waals surface area contributed by atoms with Crippen molar-refractivity contribution in [3.05, 3.63) is 63.9 Å². The molecule has 0 unspecified atom stereocenters. The molecule has 2 aromatic rings. The summed E-state index contributed by atoms with van der Waals surface area (Å²) >= 11 is 5.72. The van der Waals surface area contributed by atoms with E-state index < -0.39 is 11.2 Å². The minimum absolute atomic E-state index is 0.148. The highest BCUT2D eigenvalue weighted by Gasteiger charge is 2.10. The van der Waals surface area contributed by atoms with Crippen molar-refractivity contribution in [1.29, 1.82) is 0 Å². The molecule has 0 saturated heterocycles. The van der Waals surface area contributed by atoms with Crippen molar-refractivity contribution in [1.82, 2.24) is 19.7 Å². The molecule has 108 valence electrons. The zero-order valence-corrected chi connectivity index (χ0v) is 12.3. The Labute approximate surface area is 126 Å². The van der Waals surface area contributed by atoms with Gasteiger partial charge in [0.25, 0.3) is 0 Å². The summed E-state index contributed by atoms with van der Waals surface area (Å²) in [5.41, 5.74) is 0.0252. The predicted octanol–water partition coefficient (Wildman–Crippen LogP) is 1.54. The third kappa shape index (κ3) is 3.76. The lowest BCUT2D eigenvalue weighted by atomic mass is 10.2. The van der Waals surface area contributed by atoms with Crippen LogP contribution in [0.4, 0.5) is 0 Å². The summed E-state index contributed by atoms with van der Waals surface area (Å²) in [6, 6.07) is 4.58. The highest BCUT2D eigenvalue weighted by atomic mass is 35.5. The van der Waals surface area contributed by atoms with Crippen molar-refractivity contribution < 1.29 is 4.79 Å². The van der Waals surface area contributed by atoms with E-state index in [1.165, 1.54) is 29.2 Å². The molecule has 7 heteroatoms. The fourth-order valence-corrected chi connectivity index (χ4v) is 1.63. The molecule has 21 heavy (non-hydrogen) atoms. The fourth-order valence-electron chi connectivity index (χ4n) is 1.52. The second-order valence-electron chi connectivity index (χ2n) is 4.46. The van der Waals surface area contributed by atoms with Crippen LogP contribution in [0.1, 0.15) is 10.5 Å². The minimum Gasteiger partial charge on any atom is -0.383 e. The Morgan fingerprint density at radius 1 is 1.33 bits per heavy atom. The third-order valence-corrected chi connectivity index (χ3v) is 2.77. The zero-order chi connectivity index (χ0) is 15.4. The molecule has 0 radical (unpaired) electrons. The molecule has 0 aliphatic carbocycles. The van der Waals surface area contributed by atoms with Gasteiger partial charge in [0.15, 0.2) is 5.69 Å². The van der Waals surface area contributed by atoms with Gasteiger partial charge in [-0.1, -0.05) is 11.6 Å². The molecule has 0 spiro atoms. The van der Waals surface area contributed by atoms with E-state index >= 15 is 0 Å². The summed E-state index contributed by atoms with van der Waals surface area (Å²) in [6.07, 6.45) is 5.84. The fraction of sp³-hybridized carbons (Fsp3) is 0.143. The number of carbonyl (C=O) groups is 1. The van der Waals surface area contributed by atoms with Crippen LogP contribution in [-0.4, -0.2) is 39.5 Å². The smallest absolute Gasteiger partial charge is 0.211 e. The van der Waals surface area contributed by atoms with Gasteiger partial charge in [0, 0.05) is 38.6 Å². The van der Waals surface area contributed by atoms with Crippen LogP contribution in [-0.2, 0) is 0 Å². The topological polar surface area (TPSA) is 68.1 Å². The van der Waals surface area contributed by atoms with E-state index in [2.05, 4.69) is 10.1 Å². The Kier molecular flexibility index (Phi) is 4.49. The van der Waals surface area contributed by atoms with Crippen molar-refractivity contribution in [3.8, 4) is 5.69 Å². The lowest BCUT2D eigenvalue weighted by Crippen LogP contribution is -2.20. The van der Waals surface area contributed by atoms with Crippen molar-refractivity contribution in [3.63, 3.8) is 0 Å². The minimum atomic E-state index is -0.454. The van der Waals surface area contributed by atoms with E-state index in [-0.39, 0.29) is 5.69 Å². The number of aromatic nitrogens is 3. The molecule has 0 aliphatic rings. The molecule has 2 rings (SSSR count). The second kappa shape index (κ2) is 6.32. The van der Waals surface area contributed by atoms with Crippen molar-refractivity contribution >= 4 is 17.4 Å². The quantitative estimate of drug-likeness (QED) is 0.487.